The number of fused-ring (bicyclic) bond motifs is 1. The summed E-state index contributed by atoms with van der Waals surface area (Å²) < 4.78 is 0. The van der Waals surface area contributed by atoms with Crippen LogP contribution in [0, 0.1) is 11.3 Å². The van der Waals surface area contributed by atoms with E-state index in [0.717, 1.165) is 16.6 Å². The summed E-state index contributed by atoms with van der Waals surface area (Å²) in [6, 6.07) is 20.6. The van der Waals surface area contributed by atoms with E-state index >= 15 is 0 Å². The van der Waals surface area contributed by atoms with Crippen LogP contribution in [-0.4, -0.2) is 21.1 Å². The van der Waals surface area contributed by atoms with Crippen molar-refractivity contribution in [3.05, 3.63) is 65.6 Å². The first-order chi connectivity index (χ1) is 10.6. The summed E-state index contributed by atoms with van der Waals surface area (Å²) in [5.74, 6) is 0. The van der Waals surface area contributed by atoms with Crippen LogP contribution in [-0.2, 0) is 0 Å². The van der Waals surface area contributed by atoms with Crippen LogP contribution >= 0.6 is 0 Å². The van der Waals surface area contributed by atoms with Crippen molar-refractivity contribution in [3.8, 4) is 6.07 Å². The zero-order valence-electron chi connectivity index (χ0n) is 13.1. The van der Waals surface area contributed by atoms with Crippen molar-refractivity contribution in [3.63, 3.8) is 0 Å². The van der Waals surface area contributed by atoms with Crippen molar-refractivity contribution in [2.75, 3.05) is 23.7 Å². The van der Waals surface area contributed by atoms with Crippen molar-refractivity contribution in [2.24, 2.45) is 0 Å². The van der Waals surface area contributed by atoms with Crippen LogP contribution in [0.15, 0.2) is 60.1 Å². The molecule has 22 heavy (non-hydrogen) atoms. The first kappa shape index (κ1) is 14.3. The molecule has 0 saturated carbocycles. The molecule has 1 aliphatic rings. The largest absolute Gasteiger partial charge is 0.407 e. The van der Waals surface area contributed by atoms with Crippen molar-refractivity contribution in [1.82, 2.24) is 0 Å². The molecule has 3 rings (SSSR count). The summed E-state index contributed by atoms with van der Waals surface area (Å²) in [7, 11) is 4.16. The first-order valence-electron chi connectivity index (χ1n) is 7.36. The zero-order chi connectivity index (χ0) is 15.7. The van der Waals surface area contributed by atoms with E-state index in [-0.39, 0.29) is 6.98 Å². The number of anilines is 2. The molecule has 2 aromatic rings. The average molecular weight is 287 g/mol. The monoisotopic (exact) mass is 287 g/mol. The topological polar surface area (TPSA) is 30.3 Å². The molecule has 2 aromatic carbocycles. The molecule has 0 radical (unpaired) electrons. The smallest absolute Gasteiger partial charge is 0.393 e. The molecule has 0 aromatic heterocycles. The second-order valence-corrected chi connectivity index (χ2v) is 5.62. The molecule has 0 fully saturated rings. The molecular formula is C18H18BN3. The lowest BCUT2D eigenvalue weighted by atomic mass is 9.63. The quantitative estimate of drug-likeness (QED) is 0.624. The predicted molar refractivity (Wildman–Crippen MR) is 93.7 cm³/mol. The molecule has 0 unspecified atom stereocenters. The van der Waals surface area contributed by atoms with Crippen LogP contribution in [0.5, 0.6) is 0 Å². The number of rotatable bonds is 2. The van der Waals surface area contributed by atoms with Crippen molar-refractivity contribution in [2.45, 2.75) is 6.92 Å². The van der Waals surface area contributed by atoms with Gasteiger partial charge in [0.15, 0.2) is 0 Å². The lowest BCUT2D eigenvalue weighted by Gasteiger charge is -2.25. The maximum absolute atomic E-state index is 9.65. The van der Waals surface area contributed by atoms with Gasteiger partial charge in [-0.3, -0.25) is 0 Å². The summed E-state index contributed by atoms with van der Waals surface area (Å²) in [6.07, 6.45) is 0. The van der Waals surface area contributed by atoms with E-state index in [4.69, 9.17) is 0 Å². The van der Waals surface area contributed by atoms with Crippen LogP contribution < -0.4 is 9.62 Å². The zero-order valence-corrected chi connectivity index (χ0v) is 13.1. The highest BCUT2D eigenvalue weighted by molar-refractivity contribution is 6.77. The standard InChI is InChI=1S/C18H18BN3/c1-14(16(13-20)15-9-5-4-6-10-15)19-21(2)17-11-7-8-12-18(17)22(19)3/h4-12H,1-3H3/b16-14+. The van der Waals surface area contributed by atoms with E-state index in [2.05, 4.69) is 48.8 Å². The molecule has 3 nitrogen and oxygen atoms in total. The lowest BCUT2D eigenvalue weighted by Crippen LogP contribution is -2.46. The molecule has 4 heteroatoms. The number of para-hydroxylation sites is 2. The third kappa shape index (κ3) is 2.15. The fourth-order valence-corrected chi connectivity index (χ4v) is 3.28. The van der Waals surface area contributed by atoms with E-state index in [9.17, 15) is 5.26 Å². The third-order valence-corrected chi connectivity index (χ3v) is 4.33. The normalized spacial score (nSPS) is 14.5. The van der Waals surface area contributed by atoms with Crippen molar-refractivity contribution in [1.29, 1.82) is 5.26 Å². The molecule has 0 amide bonds. The first-order valence-corrected chi connectivity index (χ1v) is 7.36. The van der Waals surface area contributed by atoms with Crippen LogP contribution in [0.3, 0.4) is 0 Å². The number of benzene rings is 2. The Bertz CT molecular complexity index is 732. The summed E-state index contributed by atoms with van der Waals surface area (Å²) in [4.78, 5) is 4.45. The van der Waals surface area contributed by atoms with Gasteiger partial charge in [0.2, 0.25) is 0 Å². The number of nitrogens with zero attached hydrogens (tertiary/aromatic N) is 3. The Morgan fingerprint density at radius 2 is 1.41 bits per heavy atom. The highest BCUT2D eigenvalue weighted by Gasteiger charge is 2.38. The van der Waals surface area contributed by atoms with E-state index in [1.54, 1.807) is 0 Å². The second kappa shape index (κ2) is 5.61. The molecule has 0 saturated heterocycles. The van der Waals surface area contributed by atoms with E-state index in [0.29, 0.717) is 0 Å². The number of allylic oxidation sites excluding steroid dienone is 2. The Kier molecular flexibility index (Phi) is 3.64. The molecule has 108 valence electrons. The Hall–Kier alpha value is -2.67. The van der Waals surface area contributed by atoms with Crippen LogP contribution in [0.4, 0.5) is 11.4 Å². The number of hydrogen-bond donors (Lipinski definition) is 0. The molecule has 0 aliphatic carbocycles. The van der Waals surface area contributed by atoms with Gasteiger partial charge in [-0.15, -0.1) is 0 Å². The minimum absolute atomic E-state index is 0.0623. The molecule has 1 aliphatic heterocycles. The molecule has 0 bridgehead atoms. The average Bonchev–Trinajstić information content (AvgIpc) is 2.81. The van der Waals surface area contributed by atoms with Gasteiger partial charge in [0.05, 0.1) is 11.6 Å². The predicted octanol–water partition coefficient (Wildman–Crippen LogP) is 3.60. The van der Waals surface area contributed by atoms with Gasteiger partial charge in [0, 0.05) is 11.4 Å². The van der Waals surface area contributed by atoms with E-state index in [1.807, 2.05) is 42.5 Å². The Morgan fingerprint density at radius 1 is 0.909 bits per heavy atom. The van der Waals surface area contributed by atoms with Crippen molar-refractivity contribution >= 4 is 23.9 Å². The van der Waals surface area contributed by atoms with Crippen LogP contribution in [0.2, 0.25) is 0 Å². The van der Waals surface area contributed by atoms with Gasteiger partial charge >= 0.3 is 6.98 Å². The van der Waals surface area contributed by atoms with E-state index < -0.39 is 0 Å². The second-order valence-electron chi connectivity index (χ2n) is 5.62. The Balaban J connectivity index is 2.08. The third-order valence-electron chi connectivity index (χ3n) is 4.33. The van der Waals surface area contributed by atoms with Gasteiger partial charge in [-0.1, -0.05) is 42.5 Å². The molecule has 0 N–H and O–H groups in total. The van der Waals surface area contributed by atoms with Gasteiger partial charge in [-0.05, 0) is 44.2 Å². The molecule has 1 heterocycles. The van der Waals surface area contributed by atoms with Gasteiger partial charge in [-0.25, -0.2) is 0 Å². The number of nitriles is 1. The van der Waals surface area contributed by atoms with Crippen LogP contribution in [0.1, 0.15) is 12.5 Å². The van der Waals surface area contributed by atoms with Gasteiger partial charge in [0.25, 0.3) is 0 Å². The summed E-state index contributed by atoms with van der Waals surface area (Å²) >= 11 is 0. The Morgan fingerprint density at radius 3 is 1.91 bits per heavy atom. The maximum atomic E-state index is 9.65. The SMILES string of the molecule is C/C(B1N(C)c2ccccc2N1C)=C(/C#N)c1ccccc1. The molecule has 0 atom stereocenters. The highest BCUT2D eigenvalue weighted by Crippen LogP contribution is 2.38. The highest BCUT2D eigenvalue weighted by atomic mass is 15.3. The van der Waals surface area contributed by atoms with Gasteiger partial charge in [-0.2, -0.15) is 5.26 Å². The number of hydrogen-bond acceptors (Lipinski definition) is 3. The van der Waals surface area contributed by atoms with Crippen molar-refractivity contribution < 1.29 is 0 Å². The van der Waals surface area contributed by atoms with Gasteiger partial charge in [0.1, 0.15) is 0 Å². The van der Waals surface area contributed by atoms with Crippen LogP contribution in [0.25, 0.3) is 5.57 Å². The minimum atomic E-state index is 0.0623. The summed E-state index contributed by atoms with van der Waals surface area (Å²) in [5.41, 5.74) is 5.17. The fraction of sp³-hybridized carbons (Fsp3) is 0.167. The summed E-state index contributed by atoms with van der Waals surface area (Å²) in [5, 5.41) is 9.65. The molecular weight excluding hydrogens is 269 g/mol. The fourth-order valence-electron chi connectivity index (χ4n) is 3.28. The lowest BCUT2D eigenvalue weighted by molar-refractivity contribution is 1.28. The van der Waals surface area contributed by atoms with Gasteiger partial charge < -0.3 is 9.62 Å². The summed E-state index contributed by atoms with van der Waals surface area (Å²) in [6.45, 7) is 2.11. The Labute approximate surface area is 132 Å². The molecule has 0 spiro atoms. The van der Waals surface area contributed by atoms with E-state index in [1.165, 1.54) is 11.4 Å². The minimum Gasteiger partial charge on any atom is -0.393 e. The maximum Gasteiger partial charge on any atom is 0.407 e.